The maximum Gasteiger partial charge on any atom is 0.305 e. The summed E-state index contributed by atoms with van der Waals surface area (Å²) in [7, 11) is 3.10. The largest absolute Gasteiger partial charge is 0.493 e. The van der Waals surface area contributed by atoms with Gasteiger partial charge in [-0.15, -0.1) is 0 Å². The van der Waals surface area contributed by atoms with Crippen molar-refractivity contribution in [1.82, 2.24) is 15.2 Å². The van der Waals surface area contributed by atoms with Gasteiger partial charge in [0.05, 0.1) is 20.6 Å². The molecular formula is C33H33N3O6. The summed E-state index contributed by atoms with van der Waals surface area (Å²) in [4.78, 5) is 44.4. The molecule has 1 heterocycles. The fraction of sp³-hybridized carbons (Fsp3) is 0.212. The first-order valence-corrected chi connectivity index (χ1v) is 13.5. The number of aromatic nitrogens is 1. The first-order valence-electron chi connectivity index (χ1n) is 13.5. The lowest BCUT2D eigenvalue weighted by molar-refractivity contribution is -0.137. The van der Waals surface area contributed by atoms with E-state index in [1.807, 2.05) is 24.3 Å². The number of ether oxygens (including phenoxy) is 2. The van der Waals surface area contributed by atoms with E-state index in [0.29, 0.717) is 46.7 Å². The molecule has 0 aliphatic rings. The van der Waals surface area contributed by atoms with Gasteiger partial charge in [0.1, 0.15) is 0 Å². The molecule has 0 spiro atoms. The van der Waals surface area contributed by atoms with Gasteiger partial charge in [0.2, 0.25) is 0 Å². The molecule has 0 unspecified atom stereocenters. The number of pyridine rings is 1. The Hall–Kier alpha value is -5.18. The van der Waals surface area contributed by atoms with Gasteiger partial charge in [-0.25, -0.2) is 0 Å². The molecule has 0 atom stereocenters. The molecular weight excluding hydrogens is 534 g/mol. The van der Waals surface area contributed by atoms with Crippen LogP contribution in [-0.2, 0) is 17.8 Å². The third kappa shape index (κ3) is 7.31. The zero-order chi connectivity index (χ0) is 29.9. The summed E-state index contributed by atoms with van der Waals surface area (Å²) in [5.41, 5.74) is 3.65. The van der Waals surface area contributed by atoms with Crippen molar-refractivity contribution in [1.29, 1.82) is 0 Å². The average molecular weight is 568 g/mol. The number of nitrogens with one attached hydrogen (secondary N) is 1. The van der Waals surface area contributed by atoms with Crippen LogP contribution >= 0.6 is 0 Å². The van der Waals surface area contributed by atoms with E-state index in [4.69, 9.17) is 9.47 Å². The number of amides is 2. The number of rotatable bonds is 13. The van der Waals surface area contributed by atoms with Crippen LogP contribution in [0.4, 0.5) is 0 Å². The lowest BCUT2D eigenvalue weighted by atomic mass is 9.94. The lowest BCUT2D eigenvalue weighted by Gasteiger charge is -2.24. The number of aliphatic carboxylic acids is 1. The van der Waals surface area contributed by atoms with Crippen molar-refractivity contribution in [3.8, 4) is 22.6 Å². The molecule has 0 saturated heterocycles. The number of methoxy groups -OCH3 is 2. The normalized spacial score (nSPS) is 10.5. The van der Waals surface area contributed by atoms with E-state index >= 15 is 0 Å². The monoisotopic (exact) mass is 567 g/mol. The molecule has 4 aromatic rings. The van der Waals surface area contributed by atoms with Crippen molar-refractivity contribution in [3.05, 3.63) is 114 Å². The number of para-hydroxylation sites is 1. The number of carboxylic acid groups (broad SMARTS) is 1. The van der Waals surface area contributed by atoms with Crippen LogP contribution in [0.15, 0.2) is 91.3 Å². The molecule has 9 nitrogen and oxygen atoms in total. The summed E-state index contributed by atoms with van der Waals surface area (Å²) in [6.07, 6.45) is 3.56. The van der Waals surface area contributed by atoms with Crippen molar-refractivity contribution >= 4 is 17.8 Å². The Morgan fingerprint density at radius 1 is 0.833 bits per heavy atom. The maximum atomic E-state index is 14.0. The third-order valence-corrected chi connectivity index (χ3v) is 6.81. The number of carbonyl (C=O) groups is 3. The lowest BCUT2D eigenvalue weighted by Crippen LogP contribution is -2.35. The van der Waals surface area contributed by atoms with E-state index in [1.54, 1.807) is 81.2 Å². The molecule has 0 fully saturated rings. The highest BCUT2D eigenvalue weighted by atomic mass is 16.5. The van der Waals surface area contributed by atoms with Gasteiger partial charge in [-0.1, -0.05) is 54.6 Å². The smallest absolute Gasteiger partial charge is 0.305 e. The minimum atomic E-state index is -1.00. The van der Waals surface area contributed by atoms with Gasteiger partial charge >= 0.3 is 5.97 Å². The number of carboxylic acids is 1. The van der Waals surface area contributed by atoms with Crippen LogP contribution in [-0.4, -0.2) is 60.1 Å². The molecule has 0 saturated carbocycles. The Morgan fingerprint density at radius 2 is 1.55 bits per heavy atom. The molecule has 0 bridgehead atoms. The van der Waals surface area contributed by atoms with E-state index < -0.39 is 5.97 Å². The van der Waals surface area contributed by atoms with Gasteiger partial charge in [-0.2, -0.15) is 0 Å². The average Bonchev–Trinajstić information content (AvgIpc) is 3.03. The van der Waals surface area contributed by atoms with Gasteiger partial charge in [0.15, 0.2) is 11.5 Å². The first kappa shape index (κ1) is 29.8. The van der Waals surface area contributed by atoms with Crippen molar-refractivity contribution in [2.45, 2.75) is 19.4 Å². The van der Waals surface area contributed by atoms with E-state index in [9.17, 15) is 19.5 Å². The van der Waals surface area contributed by atoms with E-state index in [2.05, 4.69) is 10.3 Å². The molecule has 0 aliphatic heterocycles. The molecule has 4 rings (SSSR count). The zero-order valence-electron chi connectivity index (χ0n) is 23.6. The van der Waals surface area contributed by atoms with Crippen LogP contribution in [0.3, 0.4) is 0 Å². The SMILES string of the molecule is COc1cccc(CCN(CCC(=O)O)C(=O)c2ccccc2-c2ccccc2C(=O)NCc2cccnc2)c1OC. The second-order valence-electron chi connectivity index (χ2n) is 9.47. The fourth-order valence-electron chi connectivity index (χ4n) is 4.72. The van der Waals surface area contributed by atoms with Crippen molar-refractivity contribution in [3.63, 3.8) is 0 Å². The highest BCUT2D eigenvalue weighted by molar-refractivity contribution is 6.06. The molecule has 1 aromatic heterocycles. The van der Waals surface area contributed by atoms with Crippen LogP contribution in [0.2, 0.25) is 0 Å². The van der Waals surface area contributed by atoms with Crippen molar-refractivity contribution in [2.75, 3.05) is 27.3 Å². The second kappa shape index (κ2) is 14.5. The van der Waals surface area contributed by atoms with Gasteiger partial charge < -0.3 is 24.8 Å². The number of hydrogen-bond acceptors (Lipinski definition) is 6. The van der Waals surface area contributed by atoms with Gasteiger partial charge in [-0.3, -0.25) is 19.4 Å². The highest BCUT2D eigenvalue weighted by Gasteiger charge is 2.23. The Kier molecular flexibility index (Phi) is 10.3. The molecule has 42 heavy (non-hydrogen) atoms. The quantitative estimate of drug-likeness (QED) is 0.237. The summed E-state index contributed by atoms with van der Waals surface area (Å²) in [6.45, 7) is 0.567. The Balaban J connectivity index is 1.63. The van der Waals surface area contributed by atoms with Gasteiger partial charge in [-0.05, 0) is 52.9 Å². The zero-order valence-corrected chi connectivity index (χ0v) is 23.6. The highest BCUT2D eigenvalue weighted by Crippen LogP contribution is 2.32. The number of nitrogens with zero attached hydrogens (tertiary/aromatic N) is 2. The Morgan fingerprint density at radius 3 is 2.21 bits per heavy atom. The second-order valence-corrected chi connectivity index (χ2v) is 9.47. The van der Waals surface area contributed by atoms with Crippen LogP contribution in [0.5, 0.6) is 11.5 Å². The van der Waals surface area contributed by atoms with Crippen molar-refractivity contribution in [2.24, 2.45) is 0 Å². The summed E-state index contributed by atoms with van der Waals surface area (Å²) in [6, 6.07) is 23.3. The molecule has 9 heteroatoms. The van der Waals surface area contributed by atoms with Crippen LogP contribution in [0, 0.1) is 0 Å². The summed E-state index contributed by atoms with van der Waals surface area (Å²) >= 11 is 0. The van der Waals surface area contributed by atoms with E-state index in [-0.39, 0.29) is 31.3 Å². The third-order valence-electron chi connectivity index (χ3n) is 6.81. The van der Waals surface area contributed by atoms with Crippen molar-refractivity contribution < 1.29 is 29.0 Å². The van der Waals surface area contributed by atoms with E-state index in [1.165, 1.54) is 4.90 Å². The first-order chi connectivity index (χ1) is 20.4. The minimum Gasteiger partial charge on any atom is -0.493 e. The minimum absolute atomic E-state index is 0.0159. The molecule has 2 N–H and O–H groups in total. The summed E-state index contributed by atoms with van der Waals surface area (Å²) in [5, 5.41) is 12.3. The number of hydrogen-bond donors (Lipinski definition) is 2. The topological polar surface area (TPSA) is 118 Å². The number of benzene rings is 3. The summed E-state index contributed by atoms with van der Waals surface area (Å²) in [5.74, 6) is -0.487. The summed E-state index contributed by atoms with van der Waals surface area (Å²) < 4.78 is 10.9. The Labute approximate surface area is 244 Å². The van der Waals surface area contributed by atoms with Crippen LogP contribution < -0.4 is 14.8 Å². The molecule has 0 radical (unpaired) electrons. The molecule has 2 amide bonds. The van der Waals surface area contributed by atoms with Gasteiger partial charge in [0.25, 0.3) is 11.8 Å². The van der Waals surface area contributed by atoms with Crippen LogP contribution in [0.1, 0.15) is 38.3 Å². The predicted octanol–water partition coefficient (Wildman–Crippen LogP) is 4.86. The van der Waals surface area contributed by atoms with Crippen LogP contribution in [0.25, 0.3) is 11.1 Å². The molecule has 216 valence electrons. The fourth-order valence-corrected chi connectivity index (χ4v) is 4.72. The number of carbonyl (C=O) groups excluding carboxylic acids is 2. The predicted molar refractivity (Wildman–Crippen MR) is 159 cm³/mol. The standard InChI is InChI=1S/C33H33N3O6/c1-41-29-15-7-10-24(31(29)42-2)16-19-36(20-17-30(37)38)33(40)28-14-6-4-12-26(28)25-11-3-5-13-27(25)32(39)35-22-23-9-8-18-34-21-23/h3-15,18,21H,16-17,19-20,22H2,1-2H3,(H,35,39)(H,37,38). The van der Waals surface area contributed by atoms with E-state index in [0.717, 1.165) is 11.1 Å². The molecule has 0 aliphatic carbocycles. The Bertz CT molecular complexity index is 1540. The maximum absolute atomic E-state index is 14.0. The van der Waals surface area contributed by atoms with Gasteiger partial charge in [0, 0.05) is 43.2 Å². The molecule has 3 aromatic carbocycles.